The van der Waals surface area contributed by atoms with E-state index >= 15 is 0 Å². The fourth-order valence-electron chi connectivity index (χ4n) is 3.15. The lowest BCUT2D eigenvalue weighted by molar-refractivity contribution is 0.0617. The van der Waals surface area contributed by atoms with Crippen LogP contribution in [0.15, 0.2) is 40.8 Å². The van der Waals surface area contributed by atoms with Gasteiger partial charge in [-0.3, -0.25) is 0 Å². The molecule has 1 unspecified atom stereocenters. The van der Waals surface area contributed by atoms with Gasteiger partial charge < -0.3 is 5.11 Å². The lowest BCUT2D eigenvalue weighted by atomic mass is 9.78. The molecule has 0 fully saturated rings. The zero-order chi connectivity index (χ0) is 13.5. The van der Waals surface area contributed by atoms with Crippen LogP contribution in [0.4, 0.5) is 0 Å². The summed E-state index contributed by atoms with van der Waals surface area (Å²) < 4.78 is 24.2. The summed E-state index contributed by atoms with van der Waals surface area (Å²) in [5.74, 6) is 0.0256. The van der Waals surface area contributed by atoms with Crippen LogP contribution in [-0.2, 0) is 15.4 Å². The summed E-state index contributed by atoms with van der Waals surface area (Å²) in [5.41, 5.74) is 0.484. The van der Waals surface area contributed by atoms with E-state index < -0.39 is 15.4 Å². The molecule has 3 rings (SSSR count). The average molecular weight is 278 g/mol. The van der Waals surface area contributed by atoms with Gasteiger partial charge in [-0.15, -0.1) is 0 Å². The zero-order valence-electron chi connectivity index (χ0n) is 10.8. The predicted octanol–water partition coefficient (Wildman–Crippen LogP) is 2.55. The van der Waals surface area contributed by atoms with Crippen molar-refractivity contribution in [2.45, 2.75) is 42.6 Å². The van der Waals surface area contributed by atoms with Gasteiger partial charge in [0.1, 0.15) is 5.60 Å². The van der Waals surface area contributed by atoms with Crippen molar-refractivity contribution < 1.29 is 13.5 Å². The third-order valence-corrected chi connectivity index (χ3v) is 5.99. The second-order valence-corrected chi connectivity index (χ2v) is 7.48. The first-order valence-corrected chi connectivity index (χ1v) is 8.43. The van der Waals surface area contributed by atoms with Crippen molar-refractivity contribution >= 4 is 9.84 Å². The molecule has 2 aliphatic rings. The molecule has 3 nitrogen and oxygen atoms in total. The molecule has 0 saturated carbocycles. The van der Waals surface area contributed by atoms with Gasteiger partial charge in [-0.2, -0.15) is 0 Å². The number of benzene rings is 1. The molecular weight excluding hydrogens is 260 g/mol. The highest BCUT2D eigenvalue weighted by atomic mass is 32.2. The Morgan fingerprint density at radius 2 is 1.95 bits per heavy atom. The van der Waals surface area contributed by atoms with E-state index in [0.717, 1.165) is 31.3 Å². The van der Waals surface area contributed by atoms with E-state index in [1.807, 2.05) is 0 Å². The van der Waals surface area contributed by atoms with Crippen LogP contribution in [0.5, 0.6) is 0 Å². The van der Waals surface area contributed by atoms with Crippen molar-refractivity contribution in [1.82, 2.24) is 0 Å². The number of hydrogen-bond donors (Lipinski definition) is 1. The number of allylic oxidation sites excluding steroid dienone is 1. The molecule has 1 aliphatic carbocycles. The molecule has 0 bridgehead atoms. The third kappa shape index (κ3) is 2.03. The predicted molar refractivity (Wildman–Crippen MR) is 73.6 cm³/mol. The Kier molecular flexibility index (Phi) is 3.02. The fourth-order valence-corrected chi connectivity index (χ4v) is 4.80. The first kappa shape index (κ1) is 12.9. The highest BCUT2D eigenvalue weighted by Crippen LogP contribution is 2.44. The van der Waals surface area contributed by atoms with E-state index in [4.69, 9.17) is 0 Å². The Labute approximate surface area is 113 Å². The highest BCUT2D eigenvalue weighted by molar-refractivity contribution is 7.91. The number of aliphatic hydroxyl groups is 1. The molecule has 0 saturated heterocycles. The maximum absolute atomic E-state index is 12.1. The normalized spacial score (nSPS) is 29.4. The number of sulfone groups is 1. The van der Waals surface area contributed by atoms with Gasteiger partial charge in [-0.25, -0.2) is 8.42 Å². The summed E-state index contributed by atoms with van der Waals surface area (Å²) in [5, 5.41) is 11.0. The van der Waals surface area contributed by atoms with Crippen molar-refractivity contribution in [3.8, 4) is 0 Å². The smallest absolute Gasteiger partial charge is 0.178 e. The summed E-state index contributed by atoms with van der Waals surface area (Å²) in [6, 6.07) is 6.88. The van der Waals surface area contributed by atoms with E-state index in [0.29, 0.717) is 10.5 Å². The first-order chi connectivity index (χ1) is 9.04. The standard InChI is InChI=1S/C15H18O3S/c16-15(12-6-2-1-3-7-12)10-11-19(17,18)14-9-5-4-8-13(14)15/h4-6,8-9,16H,1-3,7,10-11H2. The molecule has 4 heteroatoms. The fraction of sp³-hybridized carbons (Fsp3) is 0.467. The molecule has 1 heterocycles. The summed E-state index contributed by atoms with van der Waals surface area (Å²) in [4.78, 5) is 0.301. The van der Waals surface area contributed by atoms with Gasteiger partial charge in [0.25, 0.3) is 0 Å². The molecular formula is C15H18O3S. The molecule has 1 N–H and O–H groups in total. The maximum atomic E-state index is 12.1. The average Bonchev–Trinajstić information content (AvgIpc) is 2.45. The molecule has 1 aromatic rings. The van der Waals surface area contributed by atoms with Crippen molar-refractivity contribution in [3.63, 3.8) is 0 Å². The number of fused-ring (bicyclic) bond motifs is 1. The second-order valence-electron chi connectivity index (χ2n) is 5.40. The Morgan fingerprint density at radius 1 is 1.16 bits per heavy atom. The van der Waals surface area contributed by atoms with Crippen molar-refractivity contribution in [2.24, 2.45) is 0 Å². The minimum atomic E-state index is -3.24. The van der Waals surface area contributed by atoms with Crippen LogP contribution in [-0.4, -0.2) is 19.3 Å². The largest absolute Gasteiger partial charge is 0.381 e. The molecule has 102 valence electrons. The molecule has 19 heavy (non-hydrogen) atoms. The van der Waals surface area contributed by atoms with Crippen LogP contribution in [0.3, 0.4) is 0 Å². The summed E-state index contributed by atoms with van der Waals surface area (Å²) >= 11 is 0. The van der Waals surface area contributed by atoms with Crippen molar-refractivity contribution in [1.29, 1.82) is 0 Å². The van der Waals surface area contributed by atoms with Gasteiger partial charge in [0.2, 0.25) is 0 Å². The minimum Gasteiger partial charge on any atom is -0.381 e. The van der Waals surface area contributed by atoms with Gasteiger partial charge in [0.05, 0.1) is 10.6 Å². The Morgan fingerprint density at radius 3 is 2.68 bits per heavy atom. The van der Waals surface area contributed by atoms with Crippen molar-refractivity contribution in [3.05, 3.63) is 41.5 Å². The topological polar surface area (TPSA) is 54.4 Å². The van der Waals surface area contributed by atoms with E-state index in [1.165, 1.54) is 0 Å². The summed E-state index contributed by atoms with van der Waals surface area (Å²) in [7, 11) is -3.24. The van der Waals surface area contributed by atoms with Crippen LogP contribution in [0.25, 0.3) is 0 Å². The third-order valence-electron chi connectivity index (χ3n) is 4.22. The quantitative estimate of drug-likeness (QED) is 0.803. The summed E-state index contributed by atoms with van der Waals surface area (Å²) in [6.07, 6.45) is 6.44. The minimum absolute atomic E-state index is 0.0256. The molecule has 1 atom stereocenters. The Hall–Kier alpha value is -1.13. The maximum Gasteiger partial charge on any atom is 0.178 e. The molecule has 1 aliphatic heterocycles. The molecule has 0 aromatic heterocycles. The lowest BCUT2D eigenvalue weighted by Crippen LogP contribution is -2.37. The Balaban J connectivity index is 2.17. The first-order valence-electron chi connectivity index (χ1n) is 6.78. The zero-order valence-corrected chi connectivity index (χ0v) is 11.6. The van der Waals surface area contributed by atoms with Crippen LogP contribution >= 0.6 is 0 Å². The van der Waals surface area contributed by atoms with Crippen LogP contribution in [0.1, 0.15) is 37.7 Å². The SMILES string of the molecule is O=S1(=O)CCC(O)(C2=CCCCC2)c2ccccc21. The van der Waals surface area contributed by atoms with Gasteiger partial charge in [-0.1, -0.05) is 24.3 Å². The molecule has 0 spiro atoms. The molecule has 0 amide bonds. The lowest BCUT2D eigenvalue weighted by Gasteiger charge is -2.37. The van der Waals surface area contributed by atoms with Crippen molar-refractivity contribution in [2.75, 3.05) is 5.75 Å². The molecule has 0 radical (unpaired) electrons. The van der Waals surface area contributed by atoms with Crippen LogP contribution in [0.2, 0.25) is 0 Å². The number of rotatable bonds is 1. The van der Waals surface area contributed by atoms with Gasteiger partial charge >= 0.3 is 0 Å². The van der Waals surface area contributed by atoms with E-state index in [1.54, 1.807) is 24.3 Å². The van der Waals surface area contributed by atoms with Crippen LogP contribution < -0.4 is 0 Å². The Bertz CT molecular complexity index is 631. The van der Waals surface area contributed by atoms with Gasteiger partial charge in [0.15, 0.2) is 9.84 Å². The highest BCUT2D eigenvalue weighted by Gasteiger charge is 2.42. The van der Waals surface area contributed by atoms with Gasteiger partial charge in [0, 0.05) is 5.56 Å². The van der Waals surface area contributed by atoms with Crippen LogP contribution in [0, 0.1) is 0 Å². The van der Waals surface area contributed by atoms with E-state index in [-0.39, 0.29) is 12.2 Å². The van der Waals surface area contributed by atoms with Gasteiger partial charge in [-0.05, 0) is 43.7 Å². The van der Waals surface area contributed by atoms with E-state index in [9.17, 15) is 13.5 Å². The molecule has 1 aromatic carbocycles. The number of hydrogen-bond acceptors (Lipinski definition) is 3. The second kappa shape index (κ2) is 4.46. The summed E-state index contributed by atoms with van der Waals surface area (Å²) in [6.45, 7) is 0. The monoisotopic (exact) mass is 278 g/mol. The van der Waals surface area contributed by atoms with E-state index in [2.05, 4.69) is 6.08 Å².